The van der Waals surface area contributed by atoms with Crippen molar-refractivity contribution in [2.75, 3.05) is 26.2 Å². The molecule has 0 aliphatic carbocycles. The van der Waals surface area contributed by atoms with Crippen molar-refractivity contribution < 1.29 is 14.6 Å². The van der Waals surface area contributed by atoms with Crippen molar-refractivity contribution in [3.8, 4) is 0 Å². The molecule has 0 spiro atoms. The number of rotatable bonds is 7. The number of ether oxygens (including phenoxy) is 1. The topological polar surface area (TPSA) is 49.8 Å². The predicted molar refractivity (Wildman–Crippen MR) is 75.9 cm³/mol. The molecule has 19 heavy (non-hydrogen) atoms. The Morgan fingerprint density at radius 1 is 1.37 bits per heavy atom. The van der Waals surface area contributed by atoms with Gasteiger partial charge < -0.3 is 14.7 Å². The van der Waals surface area contributed by atoms with Crippen LogP contribution < -0.4 is 0 Å². The third-order valence-electron chi connectivity index (χ3n) is 3.81. The molecule has 0 aromatic heterocycles. The van der Waals surface area contributed by atoms with Crippen LogP contribution in [0.2, 0.25) is 0 Å². The lowest BCUT2D eigenvalue weighted by atomic mass is 9.96. The Bertz CT molecular complexity index is 258. The Hall–Kier alpha value is -0.610. The third kappa shape index (κ3) is 6.92. The van der Waals surface area contributed by atoms with E-state index in [1.165, 1.54) is 32.1 Å². The Morgan fingerprint density at radius 3 is 2.84 bits per heavy atom. The largest absolute Gasteiger partial charge is 0.466 e. The predicted octanol–water partition coefficient (Wildman–Crippen LogP) is 2.20. The molecular weight excluding hydrogens is 242 g/mol. The fourth-order valence-corrected chi connectivity index (χ4v) is 2.88. The second-order valence-corrected chi connectivity index (χ2v) is 5.55. The van der Waals surface area contributed by atoms with Crippen LogP contribution in [0.5, 0.6) is 0 Å². The highest BCUT2D eigenvalue weighted by molar-refractivity contribution is 5.69. The number of esters is 1. The van der Waals surface area contributed by atoms with Crippen LogP contribution >= 0.6 is 0 Å². The first kappa shape index (κ1) is 16.4. The quantitative estimate of drug-likeness (QED) is 0.721. The summed E-state index contributed by atoms with van der Waals surface area (Å²) in [6.07, 6.45) is 5.83. The number of aliphatic hydroxyl groups is 1. The fourth-order valence-electron chi connectivity index (χ4n) is 2.88. The molecule has 0 amide bonds. The minimum atomic E-state index is -0.596. The van der Waals surface area contributed by atoms with Gasteiger partial charge in [-0.1, -0.05) is 19.8 Å². The maximum absolute atomic E-state index is 11.3. The second kappa shape index (κ2) is 9.32. The number of hydrogen-bond acceptors (Lipinski definition) is 4. The van der Waals surface area contributed by atoms with Crippen LogP contribution in [0.3, 0.4) is 0 Å². The van der Waals surface area contributed by atoms with E-state index in [0.717, 1.165) is 19.0 Å². The summed E-state index contributed by atoms with van der Waals surface area (Å²) in [5, 5.41) is 9.92. The highest BCUT2D eigenvalue weighted by atomic mass is 16.5. The third-order valence-corrected chi connectivity index (χ3v) is 3.81. The van der Waals surface area contributed by atoms with Crippen molar-refractivity contribution in [1.82, 2.24) is 4.90 Å². The normalized spacial score (nSPS) is 22.8. The van der Waals surface area contributed by atoms with E-state index >= 15 is 0 Å². The Labute approximate surface area is 117 Å². The van der Waals surface area contributed by atoms with E-state index < -0.39 is 6.10 Å². The number of carbonyl (C=O) groups excluding carboxylic acids is 1. The Kier molecular flexibility index (Phi) is 8.07. The molecule has 1 saturated heterocycles. The number of hydrogen-bond donors (Lipinski definition) is 1. The average Bonchev–Trinajstić information content (AvgIpc) is 2.55. The lowest BCUT2D eigenvalue weighted by Crippen LogP contribution is -2.34. The van der Waals surface area contributed by atoms with Gasteiger partial charge in [0.25, 0.3) is 0 Å². The molecule has 1 fully saturated rings. The van der Waals surface area contributed by atoms with Crippen molar-refractivity contribution in [3.63, 3.8) is 0 Å². The molecule has 1 aliphatic heterocycles. The number of aliphatic hydroxyl groups excluding tert-OH is 1. The van der Waals surface area contributed by atoms with Gasteiger partial charge >= 0.3 is 5.97 Å². The van der Waals surface area contributed by atoms with Crippen molar-refractivity contribution >= 4 is 5.97 Å². The smallest absolute Gasteiger partial charge is 0.308 e. The zero-order valence-electron chi connectivity index (χ0n) is 12.4. The van der Waals surface area contributed by atoms with Crippen molar-refractivity contribution in [2.24, 2.45) is 5.92 Å². The number of likely N-dealkylation sites (tertiary alicyclic amines) is 1. The van der Waals surface area contributed by atoms with Crippen LogP contribution in [0.25, 0.3) is 0 Å². The summed E-state index contributed by atoms with van der Waals surface area (Å²) in [7, 11) is 0. The molecule has 0 aromatic rings. The lowest BCUT2D eigenvalue weighted by molar-refractivity contribution is -0.145. The maximum atomic E-state index is 11.3. The minimum Gasteiger partial charge on any atom is -0.466 e. The number of nitrogens with zero attached hydrogens (tertiary/aromatic N) is 1. The van der Waals surface area contributed by atoms with E-state index in [2.05, 4.69) is 11.8 Å². The van der Waals surface area contributed by atoms with Gasteiger partial charge in [0.05, 0.1) is 19.1 Å². The maximum Gasteiger partial charge on any atom is 0.308 e. The van der Waals surface area contributed by atoms with Crippen molar-refractivity contribution in [2.45, 2.75) is 58.5 Å². The molecule has 0 radical (unpaired) electrons. The molecule has 1 aliphatic rings. The zero-order chi connectivity index (χ0) is 14.1. The van der Waals surface area contributed by atoms with Gasteiger partial charge in [0.2, 0.25) is 0 Å². The van der Waals surface area contributed by atoms with E-state index in [-0.39, 0.29) is 12.4 Å². The van der Waals surface area contributed by atoms with E-state index in [9.17, 15) is 9.90 Å². The first-order valence-corrected chi connectivity index (χ1v) is 7.71. The first-order valence-electron chi connectivity index (χ1n) is 7.71. The highest BCUT2D eigenvalue weighted by Gasteiger charge is 2.20. The van der Waals surface area contributed by atoms with Crippen LogP contribution in [0.15, 0.2) is 0 Å². The standard InChI is InChI=1S/C15H29NO3/c1-3-6-13-7-5-9-16(10-8-13)12-14(17)11-15(18)19-4-2/h13-14,17H,3-12H2,1-2H3. The van der Waals surface area contributed by atoms with E-state index in [4.69, 9.17) is 4.74 Å². The molecule has 2 unspecified atom stereocenters. The van der Waals surface area contributed by atoms with Crippen LogP contribution in [0.4, 0.5) is 0 Å². The highest BCUT2D eigenvalue weighted by Crippen LogP contribution is 2.22. The summed E-state index contributed by atoms with van der Waals surface area (Å²) in [5.74, 6) is 0.547. The molecule has 0 aromatic carbocycles. The summed E-state index contributed by atoms with van der Waals surface area (Å²) < 4.78 is 4.86. The summed E-state index contributed by atoms with van der Waals surface area (Å²) in [6.45, 7) is 7.09. The van der Waals surface area contributed by atoms with Gasteiger partial charge in [0.15, 0.2) is 0 Å². The molecule has 4 heteroatoms. The number of β-amino-alcohol motifs (C(OH)–C–C–N with tert-alkyl or cyclic N) is 1. The van der Waals surface area contributed by atoms with Crippen molar-refractivity contribution in [3.05, 3.63) is 0 Å². The summed E-state index contributed by atoms with van der Waals surface area (Å²) in [6, 6.07) is 0. The molecule has 1 heterocycles. The minimum absolute atomic E-state index is 0.114. The molecule has 1 N–H and O–H groups in total. The SMILES string of the molecule is CCCC1CCCN(CC(O)CC(=O)OCC)CC1. The molecule has 112 valence electrons. The fraction of sp³-hybridized carbons (Fsp3) is 0.933. The van der Waals surface area contributed by atoms with Gasteiger partial charge in [0.1, 0.15) is 0 Å². The lowest BCUT2D eigenvalue weighted by Gasteiger charge is -2.23. The van der Waals surface area contributed by atoms with Gasteiger partial charge in [0, 0.05) is 6.54 Å². The first-order chi connectivity index (χ1) is 9.15. The zero-order valence-corrected chi connectivity index (χ0v) is 12.4. The van der Waals surface area contributed by atoms with Crippen LogP contribution in [-0.4, -0.2) is 48.3 Å². The van der Waals surface area contributed by atoms with Crippen LogP contribution in [-0.2, 0) is 9.53 Å². The van der Waals surface area contributed by atoms with Gasteiger partial charge in [-0.05, 0) is 45.2 Å². The van der Waals surface area contributed by atoms with Gasteiger partial charge in [-0.2, -0.15) is 0 Å². The van der Waals surface area contributed by atoms with E-state index in [0.29, 0.717) is 13.2 Å². The molecule has 0 saturated carbocycles. The van der Waals surface area contributed by atoms with Gasteiger partial charge in [-0.15, -0.1) is 0 Å². The summed E-state index contributed by atoms with van der Waals surface area (Å²) in [4.78, 5) is 13.6. The second-order valence-electron chi connectivity index (χ2n) is 5.55. The monoisotopic (exact) mass is 271 g/mol. The Balaban J connectivity index is 2.26. The van der Waals surface area contributed by atoms with E-state index in [1.807, 2.05) is 0 Å². The summed E-state index contributed by atoms with van der Waals surface area (Å²) in [5.41, 5.74) is 0. The molecule has 4 nitrogen and oxygen atoms in total. The van der Waals surface area contributed by atoms with Crippen molar-refractivity contribution in [1.29, 1.82) is 0 Å². The van der Waals surface area contributed by atoms with E-state index in [1.54, 1.807) is 6.92 Å². The molecule has 2 atom stereocenters. The molecular formula is C15H29NO3. The molecule has 0 bridgehead atoms. The Morgan fingerprint density at radius 2 is 2.16 bits per heavy atom. The van der Waals surface area contributed by atoms with Crippen LogP contribution in [0, 0.1) is 5.92 Å². The van der Waals surface area contributed by atoms with Gasteiger partial charge in [-0.25, -0.2) is 0 Å². The molecule has 1 rings (SSSR count). The van der Waals surface area contributed by atoms with Crippen LogP contribution in [0.1, 0.15) is 52.4 Å². The van der Waals surface area contributed by atoms with Gasteiger partial charge in [-0.3, -0.25) is 4.79 Å². The average molecular weight is 271 g/mol. The number of carbonyl (C=O) groups is 1. The summed E-state index contributed by atoms with van der Waals surface area (Å²) >= 11 is 0.